The topological polar surface area (TPSA) is 76.0 Å². The Morgan fingerprint density at radius 2 is 2.15 bits per heavy atom. The van der Waals surface area contributed by atoms with Gasteiger partial charge in [0.25, 0.3) is 0 Å². The van der Waals surface area contributed by atoms with Gasteiger partial charge < -0.3 is 19.7 Å². The maximum absolute atomic E-state index is 13.5. The summed E-state index contributed by atoms with van der Waals surface area (Å²) in [4.78, 5) is 10.6. The third-order valence-corrected chi connectivity index (χ3v) is 2.56. The molecule has 0 aliphatic heterocycles. The van der Waals surface area contributed by atoms with Gasteiger partial charge in [-0.15, -0.1) is 0 Å². The molecule has 1 atom stereocenters. The highest BCUT2D eigenvalue weighted by atomic mass is 19.1. The number of aliphatic hydroxyl groups is 1. The smallest absolute Gasteiger partial charge is 0.335 e. The number of halogens is 1. The van der Waals surface area contributed by atoms with Crippen molar-refractivity contribution in [3.63, 3.8) is 0 Å². The molecule has 1 unspecified atom stereocenters. The molecule has 0 fully saturated rings. The van der Waals surface area contributed by atoms with Gasteiger partial charge in [0.2, 0.25) is 0 Å². The normalized spacial score (nSPS) is 12.2. The second kappa shape index (κ2) is 8.50. The average Bonchev–Trinajstić information content (AvgIpc) is 2.42. The Bertz CT molecular complexity index is 436. The summed E-state index contributed by atoms with van der Waals surface area (Å²) >= 11 is 0. The van der Waals surface area contributed by atoms with Crippen molar-refractivity contribution in [2.75, 3.05) is 19.8 Å². The molecular weight excluding hydrogens is 267 g/mol. The van der Waals surface area contributed by atoms with Gasteiger partial charge in [-0.1, -0.05) is 13.3 Å². The zero-order valence-corrected chi connectivity index (χ0v) is 11.3. The summed E-state index contributed by atoms with van der Waals surface area (Å²) in [6.07, 6.45) is 1.07. The maximum Gasteiger partial charge on any atom is 0.335 e. The van der Waals surface area contributed by atoms with E-state index in [0.29, 0.717) is 6.61 Å². The highest BCUT2D eigenvalue weighted by molar-refractivity contribution is 5.87. The molecule has 1 aromatic rings. The van der Waals surface area contributed by atoms with Gasteiger partial charge in [0, 0.05) is 6.61 Å². The van der Waals surface area contributed by atoms with Crippen LogP contribution in [0.3, 0.4) is 0 Å². The summed E-state index contributed by atoms with van der Waals surface area (Å²) < 4.78 is 23.8. The molecule has 0 aromatic heterocycles. The Morgan fingerprint density at radius 3 is 2.75 bits per heavy atom. The fraction of sp³-hybridized carbons (Fsp3) is 0.500. The number of aromatic carboxylic acids is 1. The minimum Gasteiger partial charge on any atom is -0.488 e. The van der Waals surface area contributed by atoms with Gasteiger partial charge in [0.1, 0.15) is 12.7 Å². The average molecular weight is 286 g/mol. The van der Waals surface area contributed by atoms with Crippen LogP contribution in [-0.2, 0) is 4.74 Å². The minimum atomic E-state index is -1.21. The van der Waals surface area contributed by atoms with E-state index in [1.807, 2.05) is 6.92 Å². The van der Waals surface area contributed by atoms with Gasteiger partial charge in [0.05, 0.1) is 12.2 Å². The fourth-order valence-corrected chi connectivity index (χ4v) is 1.45. The van der Waals surface area contributed by atoms with Crippen molar-refractivity contribution in [1.82, 2.24) is 0 Å². The number of carboxylic acid groups (broad SMARTS) is 1. The van der Waals surface area contributed by atoms with Crippen molar-refractivity contribution in [3.05, 3.63) is 29.6 Å². The molecule has 1 aromatic carbocycles. The van der Waals surface area contributed by atoms with Gasteiger partial charge in [-0.3, -0.25) is 0 Å². The SMILES string of the molecule is CCCCOCC(O)COc1ccc(C(=O)O)cc1F. The van der Waals surface area contributed by atoms with Crippen LogP contribution in [0.4, 0.5) is 4.39 Å². The Kier molecular flexibility index (Phi) is 6.97. The molecule has 0 amide bonds. The third kappa shape index (κ3) is 5.54. The molecule has 0 radical (unpaired) electrons. The fourth-order valence-electron chi connectivity index (χ4n) is 1.45. The van der Waals surface area contributed by atoms with E-state index >= 15 is 0 Å². The molecule has 2 N–H and O–H groups in total. The highest BCUT2D eigenvalue weighted by Gasteiger charge is 2.11. The Hall–Kier alpha value is -1.66. The first-order chi connectivity index (χ1) is 9.54. The molecule has 0 aliphatic rings. The van der Waals surface area contributed by atoms with Crippen LogP contribution >= 0.6 is 0 Å². The number of benzene rings is 1. The van der Waals surface area contributed by atoms with Gasteiger partial charge >= 0.3 is 5.97 Å². The predicted molar refractivity (Wildman–Crippen MR) is 70.6 cm³/mol. The van der Waals surface area contributed by atoms with E-state index in [0.717, 1.165) is 18.9 Å². The molecule has 0 bridgehead atoms. The zero-order valence-electron chi connectivity index (χ0n) is 11.3. The molecule has 0 spiro atoms. The van der Waals surface area contributed by atoms with Crippen LogP contribution in [0.5, 0.6) is 5.75 Å². The van der Waals surface area contributed by atoms with E-state index in [-0.39, 0.29) is 24.5 Å². The summed E-state index contributed by atoms with van der Waals surface area (Å²) in [5.74, 6) is -2.08. The van der Waals surface area contributed by atoms with Crippen LogP contribution in [0.15, 0.2) is 18.2 Å². The molecule has 112 valence electrons. The predicted octanol–water partition coefficient (Wildman–Crippen LogP) is 2.08. The number of rotatable bonds is 9. The van der Waals surface area contributed by atoms with Crippen LogP contribution in [0.25, 0.3) is 0 Å². The number of carboxylic acids is 1. The van der Waals surface area contributed by atoms with E-state index in [9.17, 15) is 14.3 Å². The summed E-state index contributed by atoms with van der Waals surface area (Å²) in [7, 11) is 0. The third-order valence-electron chi connectivity index (χ3n) is 2.56. The minimum absolute atomic E-state index is 0.0948. The lowest BCUT2D eigenvalue weighted by Gasteiger charge is -2.13. The molecule has 1 rings (SSSR count). The second-order valence-electron chi connectivity index (χ2n) is 4.34. The van der Waals surface area contributed by atoms with Crippen LogP contribution in [0, 0.1) is 5.82 Å². The lowest BCUT2D eigenvalue weighted by atomic mass is 10.2. The first kappa shape index (κ1) is 16.4. The standard InChI is InChI=1S/C14H19FO5/c1-2-3-6-19-8-11(16)9-20-13-5-4-10(14(17)18)7-12(13)15/h4-5,7,11,16H,2-3,6,8-9H2,1H3,(H,17,18). The van der Waals surface area contributed by atoms with Crippen molar-refractivity contribution >= 4 is 5.97 Å². The monoisotopic (exact) mass is 286 g/mol. The lowest BCUT2D eigenvalue weighted by Crippen LogP contribution is -2.24. The lowest BCUT2D eigenvalue weighted by molar-refractivity contribution is 0.0106. The molecule has 0 heterocycles. The van der Waals surface area contributed by atoms with E-state index in [1.54, 1.807) is 0 Å². The van der Waals surface area contributed by atoms with Gasteiger partial charge in [-0.2, -0.15) is 0 Å². The van der Waals surface area contributed by atoms with E-state index < -0.39 is 17.9 Å². The van der Waals surface area contributed by atoms with Gasteiger partial charge in [0.15, 0.2) is 11.6 Å². The van der Waals surface area contributed by atoms with Crippen LogP contribution in [-0.4, -0.2) is 42.1 Å². The summed E-state index contributed by atoms with van der Waals surface area (Å²) in [5, 5.41) is 18.3. The number of carbonyl (C=O) groups is 1. The van der Waals surface area contributed by atoms with Crippen LogP contribution < -0.4 is 4.74 Å². The number of aliphatic hydroxyl groups excluding tert-OH is 1. The van der Waals surface area contributed by atoms with Crippen molar-refractivity contribution in [3.8, 4) is 5.75 Å². The van der Waals surface area contributed by atoms with Gasteiger partial charge in [-0.05, 0) is 24.6 Å². The maximum atomic E-state index is 13.5. The van der Waals surface area contributed by atoms with Crippen LogP contribution in [0.1, 0.15) is 30.1 Å². The van der Waals surface area contributed by atoms with Crippen molar-refractivity contribution in [2.24, 2.45) is 0 Å². The summed E-state index contributed by atoms with van der Waals surface area (Å²) in [6, 6.07) is 3.34. The van der Waals surface area contributed by atoms with E-state index in [2.05, 4.69) is 0 Å². The molecule has 0 aliphatic carbocycles. The number of unbranched alkanes of at least 4 members (excludes halogenated alkanes) is 1. The quantitative estimate of drug-likeness (QED) is 0.680. The van der Waals surface area contributed by atoms with Crippen molar-refractivity contribution in [2.45, 2.75) is 25.9 Å². The van der Waals surface area contributed by atoms with Crippen LogP contribution in [0.2, 0.25) is 0 Å². The first-order valence-electron chi connectivity index (χ1n) is 6.46. The molecule has 5 nitrogen and oxygen atoms in total. The molecular formula is C14H19FO5. The Labute approximate surface area is 116 Å². The molecule has 20 heavy (non-hydrogen) atoms. The van der Waals surface area contributed by atoms with E-state index in [4.69, 9.17) is 14.6 Å². The van der Waals surface area contributed by atoms with Gasteiger partial charge in [-0.25, -0.2) is 9.18 Å². The number of hydrogen-bond donors (Lipinski definition) is 2. The largest absolute Gasteiger partial charge is 0.488 e. The van der Waals surface area contributed by atoms with Crippen molar-refractivity contribution in [1.29, 1.82) is 0 Å². The molecule has 0 saturated carbocycles. The summed E-state index contributed by atoms with van der Waals surface area (Å²) in [5.41, 5.74) is -0.154. The zero-order chi connectivity index (χ0) is 15.0. The Balaban J connectivity index is 2.39. The Morgan fingerprint density at radius 1 is 1.40 bits per heavy atom. The summed E-state index contributed by atoms with van der Waals surface area (Å²) in [6.45, 7) is 2.60. The van der Waals surface area contributed by atoms with E-state index in [1.165, 1.54) is 12.1 Å². The number of hydrogen-bond acceptors (Lipinski definition) is 4. The highest BCUT2D eigenvalue weighted by Crippen LogP contribution is 2.18. The molecule has 6 heteroatoms. The van der Waals surface area contributed by atoms with Crippen molar-refractivity contribution < 1.29 is 28.9 Å². The first-order valence-corrected chi connectivity index (χ1v) is 6.46. The molecule has 0 saturated heterocycles. The number of ether oxygens (including phenoxy) is 2. The second-order valence-corrected chi connectivity index (χ2v) is 4.34.